The van der Waals surface area contributed by atoms with E-state index < -0.39 is 0 Å². The molecule has 116 valence electrons. The van der Waals surface area contributed by atoms with Gasteiger partial charge in [-0.15, -0.1) is 0 Å². The number of carbonyl (C=O) groups excluding carboxylic acids is 1. The lowest BCUT2D eigenvalue weighted by Gasteiger charge is -2.40. The van der Waals surface area contributed by atoms with Gasteiger partial charge in [-0.3, -0.25) is 9.69 Å². The molecule has 2 saturated heterocycles. The van der Waals surface area contributed by atoms with Crippen LogP contribution in [0.4, 0.5) is 5.69 Å². The van der Waals surface area contributed by atoms with Gasteiger partial charge in [0.05, 0.1) is 11.6 Å². The quantitative estimate of drug-likeness (QED) is 0.895. The molecule has 0 bridgehead atoms. The molecule has 2 heterocycles. The standard InChI is InChI=1S/C17H22N4O/c18-13-14-1-3-15(4-2-14)20-9-11-21(12-10-20)16-5-6-17(22)19-8-7-16/h1-4,16H,5-12H2,(H,19,22)/t16-/m0/s1. The molecule has 0 unspecified atom stereocenters. The van der Waals surface area contributed by atoms with Crippen molar-refractivity contribution in [1.82, 2.24) is 10.2 Å². The average molecular weight is 298 g/mol. The molecule has 1 atom stereocenters. The second kappa shape index (κ2) is 6.80. The minimum absolute atomic E-state index is 0.193. The number of anilines is 1. The summed E-state index contributed by atoms with van der Waals surface area (Å²) in [5, 5.41) is 11.8. The van der Waals surface area contributed by atoms with Crippen LogP contribution in [0.15, 0.2) is 24.3 Å². The summed E-state index contributed by atoms with van der Waals surface area (Å²) in [4.78, 5) is 16.3. The van der Waals surface area contributed by atoms with E-state index in [1.54, 1.807) is 0 Å². The van der Waals surface area contributed by atoms with Gasteiger partial charge in [0.1, 0.15) is 0 Å². The van der Waals surface area contributed by atoms with Crippen molar-refractivity contribution in [3.8, 4) is 6.07 Å². The van der Waals surface area contributed by atoms with Crippen LogP contribution >= 0.6 is 0 Å². The molecule has 1 N–H and O–H groups in total. The minimum Gasteiger partial charge on any atom is -0.369 e. The number of carbonyl (C=O) groups is 1. The molecule has 0 spiro atoms. The zero-order chi connectivity index (χ0) is 15.4. The van der Waals surface area contributed by atoms with E-state index in [0.717, 1.165) is 45.6 Å². The molecule has 1 amide bonds. The van der Waals surface area contributed by atoms with Crippen LogP contribution in [0.25, 0.3) is 0 Å². The Bertz CT molecular complexity index is 555. The summed E-state index contributed by atoms with van der Waals surface area (Å²) < 4.78 is 0. The Morgan fingerprint density at radius 1 is 1.09 bits per heavy atom. The van der Waals surface area contributed by atoms with Crippen molar-refractivity contribution in [2.24, 2.45) is 0 Å². The van der Waals surface area contributed by atoms with E-state index in [9.17, 15) is 4.79 Å². The van der Waals surface area contributed by atoms with Crippen LogP contribution in [-0.4, -0.2) is 49.6 Å². The van der Waals surface area contributed by atoms with Gasteiger partial charge in [-0.2, -0.15) is 5.26 Å². The largest absolute Gasteiger partial charge is 0.369 e. The van der Waals surface area contributed by atoms with E-state index in [-0.39, 0.29) is 5.91 Å². The molecular weight excluding hydrogens is 276 g/mol. The summed E-state index contributed by atoms with van der Waals surface area (Å²) in [7, 11) is 0. The van der Waals surface area contributed by atoms with E-state index in [1.165, 1.54) is 5.69 Å². The van der Waals surface area contributed by atoms with Gasteiger partial charge in [-0.1, -0.05) is 0 Å². The minimum atomic E-state index is 0.193. The van der Waals surface area contributed by atoms with Crippen LogP contribution in [-0.2, 0) is 4.79 Å². The highest BCUT2D eigenvalue weighted by molar-refractivity contribution is 5.76. The molecule has 1 aromatic carbocycles. The first-order chi connectivity index (χ1) is 10.8. The van der Waals surface area contributed by atoms with Gasteiger partial charge in [0.2, 0.25) is 5.91 Å². The Balaban J connectivity index is 1.55. The van der Waals surface area contributed by atoms with Gasteiger partial charge in [0.15, 0.2) is 0 Å². The van der Waals surface area contributed by atoms with Crippen molar-refractivity contribution in [3.63, 3.8) is 0 Å². The number of hydrogen-bond acceptors (Lipinski definition) is 4. The summed E-state index contributed by atoms with van der Waals surface area (Å²) >= 11 is 0. The topological polar surface area (TPSA) is 59.4 Å². The second-order valence-corrected chi connectivity index (χ2v) is 6.01. The lowest BCUT2D eigenvalue weighted by Crippen LogP contribution is -2.50. The Morgan fingerprint density at radius 3 is 2.50 bits per heavy atom. The maximum atomic E-state index is 11.4. The highest BCUT2D eigenvalue weighted by Crippen LogP contribution is 2.20. The molecular formula is C17H22N4O. The van der Waals surface area contributed by atoms with Crippen LogP contribution in [0.2, 0.25) is 0 Å². The van der Waals surface area contributed by atoms with Crippen molar-refractivity contribution in [3.05, 3.63) is 29.8 Å². The lowest BCUT2D eigenvalue weighted by molar-refractivity contribution is -0.120. The van der Waals surface area contributed by atoms with Crippen LogP contribution in [0, 0.1) is 11.3 Å². The molecule has 0 aromatic heterocycles. The number of nitrogens with one attached hydrogen (secondary N) is 1. The lowest BCUT2D eigenvalue weighted by atomic mass is 10.1. The number of amides is 1. The van der Waals surface area contributed by atoms with E-state index >= 15 is 0 Å². The molecule has 2 aliphatic rings. The number of nitrogens with zero attached hydrogens (tertiary/aromatic N) is 3. The summed E-state index contributed by atoms with van der Waals surface area (Å²) in [6, 6.07) is 10.5. The maximum Gasteiger partial charge on any atom is 0.220 e. The van der Waals surface area contributed by atoms with E-state index in [4.69, 9.17) is 5.26 Å². The number of hydrogen-bond donors (Lipinski definition) is 1. The van der Waals surface area contributed by atoms with Crippen molar-refractivity contribution >= 4 is 11.6 Å². The fourth-order valence-corrected chi connectivity index (χ4v) is 3.37. The molecule has 5 nitrogen and oxygen atoms in total. The van der Waals surface area contributed by atoms with E-state index in [1.807, 2.05) is 24.3 Å². The molecule has 0 aliphatic carbocycles. The Labute approximate surface area is 131 Å². The normalized spacial score (nSPS) is 23.5. The summed E-state index contributed by atoms with van der Waals surface area (Å²) in [6.45, 7) is 4.89. The fraction of sp³-hybridized carbons (Fsp3) is 0.529. The monoisotopic (exact) mass is 298 g/mol. The van der Waals surface area contributed by atoms with E-state index in [2.05, 4.69) is 21.2 Å². The zero-order valence-electron chi connectivity index (χ0n) is 12.8. The molecule has 1 aromatic rings. The van der Waals surface area contributed by atoms with Crippen molar-refractivity contribution in [2.75, 3.05) is 37.6 Å². The summed E-state index contributed by atoms with van der Waals surface area (Å²) in [5.74, 6) is 0.193. The van der Waals surface area contributed by atoms with Crippen molar-refractivity contribution in [1.29, 1.82) is 5.26 Å². The number of rotatable bonds is 2. The molecule has 0 radical (unpaired) electrons. The van der Waals surface area contributed by atoms with Crippen molar-refractivity contribution < 1.29 is 4.79 Å². The van der Waals surface area contributed by atoms with Crippen LogP contribution in [0.3, 0.4) is 0 Å². The van der Waals surface area contributed by atoms with Crippen LogP contribution < -0.4 is 10.2 Å². The first-order valence-electron chi connectivity index (χ1n) is 8.02. The fourth-order valence-electron chi connectivity index (χ4n) is 3.37. The molecule has 3 rings (SSSR count). The highest BCUT2D eigenvalue weighted by atomic mass is 16.1. The van der Waals surface area contributed by atoms with Gasteiger partial charge in [-0.25, -0.2) is 0 Å². The molecule has 5 heteroatoms. The van der Waals surface area contributed by atoms with Crippen molar-refractivity contribution in [2.45, 2.75) is 25.3 Å². The van der Waals surface area contributed by atoms with E-state index in [0.29, 0.717) is 18.0 Å². The molecule has 0 saturated carbocycles. The van der Waals surface area contributed by atoms with Gasteiger partial charge >= 0.3 is 0 Å². The summed E-state index contributed by atoms with van der Waals surface area (Å²) in [5.41, 5.74) is 1.90. The van der Waals surface area contributed by atoms with Gasteiger partial charge in [0, 0.05) is 50.9 Å². The average Bonchev–Trinajstić information content (AvgIpc) is 2.80. The predicted octanol–water partition coefficient (Wildman–Crippen LogP) is 1.35. The molecule has 22 heavy (non-hydrogen) atoms. The predicted molar refractivity (Wildman–Crippen MR) is 85.6 cm³/mol. The first-order valence-corrected chi connectivity index (χ1v) is 8.02. The third kappa shape index (κ3) is 3.40. The zero-order valence-corrected chi connectivity index (χ0v) is 12.8. The van der Waals surface area contributed by atoms with Gasteiger partial charge in [-0.05, 0) is 37.1 Å². The molecule has 2 fully saturated rings. The number of benzene rings is 1. The number of piperazine rings is 1. The second-order valence-electron chi connectivity index (χ2n) is 6.01. The first kappa shape index (κ1) is 14.9. The SMILES string of the molecule is N#Cc1ccc(N2CCN([C@@H]3CCNC(=O)CC3)CC2)cc1. The Morgan fingerprint density at radius 2 is 1.82 bits per heavy atom. The smallest absolute Gasteiger partial charge is 0.220 e. The van der Waals surface area contributed by atoms with Crippen LogP contribution in [0.5, 0.6) is 0 Å². The van der Waals surface area contributed by atoms with Crippen LogP contribution in [0.1, 0.15) is 24.8 Å². The molecule has 2 aliphatic heterocycles. The van der Waals surface area contributed by atoms with Gasteiger partial charge < -0.3 is 10.2 Å². The summed E-state index contributed by atoms with van der Waals surface area (Å²) in [6.07, 6.45) is 2.69. The third-order valence-electron chi connectivity index (χ3n) is 4.70. The third-order valence-corrected chi connectivity index (χ3v) is 4.70. The highest BCUT2D eigenvalue weighted by Gasteiger charge is 2.25. The maximum absolute atomic E-state index is 11.4. The van der Waals surface area contributed by atoms with Gasteiger partial charge in [0.25, 0.3) is 0 Å². The Hall–Kier alpha value is -2.06. The number of nitriles is 1. The Kier molecular flexibility index (Phi) is 4.59.